The molecule has 0 unspecified atom stereocenters. The van der Waals surface area contributed by atoms with Gasteiger partial charge in [0, 0.05) is 6.54 Å². The van der Waals surface area contributed by atoms with Crippen molar-refractivity contribution in [1.29, 1.82) is 0 Å². The van der Waals surface area contributed by atoms with Crippen molar-refractivity contribution in [2.24, 2.45) is 5.73 Å². The zero-order chi connectivity index (χ0) is 14.3. The fourth-order valence-electron chi connectivity index (χ4n) is 1.97. The molecule has 1 rings (SSSR count). The van der Waals surface area contributed by atoms with Gasteiger partial charge in [-0.15, -0.1) is 0 Å². The van der Waals surface area contributed by atoms with E-state index in [4.69, 9.17) is 10.8 Å². The zero-order valence-corrected chi connectivity index (χ0v) is 10.6. The van der Waals surface area contributed by atoms with E-state index in [0.717, 1.165) is 19.4 Å². The van der Waals surface area contributed by atoms with Gasteiger partial charge in [0.1, 0.15) is 6.04 Å². The van der Waals surface area contributed by atoms with Crippen LogP contribution >= 0.6 is 0 Å². The second kappa shape index (κ2) is 7.57. The summed E-state index contributed by atoms with van der Waals surface area (Å²) in [6.07, 6.45) is 1.31. The maximum atomic E-state index is 11.8. The molecule has 1 aliphatic heterocycles. The molecule has 0 spiro atoms. The van der Waals surface area contributed by atoms with Crippen LogP contribution in [0.4, 0.5) is 4.79 Å². The van der Waals surface area contributed by atoms with E-state index in [1.165, 1.54) is 0 Å². The van der Waals surface area contributed by atoms with E-state index in [2.05, 4.69) is 16.0 Å². The lowest BCUT2D eigenvalue weighted by Gasteiger charge is -2.18. The quantitative estimate of drug-likeness (QED) is 0.369. The van der Waals surface area contributed by atoms with E-state index in [1.54, 1.807) is 0 Å². The van der Waals surface area contributed by atoms with Crippen LogP contribution in [-0.2, 0) is 9.59 Å². The Bertz CT molecular complexity index is 342. The van der Waals surface area contributed by atoms with Crippen LogP contribution in [0.3, 0.4) is 0 Å². The molecule has 1 aliphatic rings. The van der Waals surface area contributed by atoms with Gasteiger partial charge in [-0.05, 0) is 32.2 Å². The van der Waals surface area contributed by atoms with Gasteiger partial charge in [-0.25, -0.2) is 4.79 Å². The molecule has 0 aromatic heterocycles. The van der Waals surface area contributed by atoms with Crippen molar-refractivity contribution in [1.82, 2.24) is 16.0 Å². The van der Waals surface area contributed by atoms with Crippen LogP contribution in [0, 0.1) is 0 Å². The number of carbonyl (C=O) groups is 3. The molecule has 0 radical (unpaired) electrons. The smallest absolute Gasteiger partial charge is 0.404 e. The Morgan fingerprint density at radius 1 is 1.42 bits per heavy atom. The van der Waals surface area contributed by atoms with E-state index in [1.807, 2.05) is 0 Å². The van der Waals surface area contributed by atoms with Gasteiger partial charge in [0.15, 0.2) is 0 Å². The topological polar surface area (TPSA) is 134 Å². The van der Waals surface area contributed by atoms with Crippen molar-refractivity contribution >= 4 is 17.9 Å². The molecule has 3 amide bonds. The SMILES string of the molecule is NC(=O)[C@H](CCCNC(=O)O)NC(=O)[C@@H]1CCCN1. The van der Waals surface area contributed by atoms with Gasteiger partial charge >= 0.3 is 6.09 Å². The number of carbonyl (C=O) groups excluding carboxylic acids is 2. The van der Waals surface area contributed by atoms with Crippen LogP contribution in [0.2, 0.25) is 0 Å². The molecule has 1 saturated heterocycles. The van der Waals surface area contributed by atoms with Crippen LogP contribution in [0.25, 0.3) is 0 Å². The second-order valence-corrected chi connectivity index (χ2v) is 4.49. The Kier molecular flexibility index (Phi) is 6.07. The molecule has 1 fully saturated rings. The van der Waals surface area contributed by atoms with E-state index in [9.17, 15) is 14.4 Å². The monoisotopic (exact) mass is 272 g/mol. The van der Waals surface area contributed by atoms with Crippen LogP contribution in [0.5, 0.6) is 0 Å². The first kappa shape index (κ1) is 15.2. The fraction of sp³-hybridized carbons (Fsp3) is 0.727. The van der Waals surface area contributed by atoms with E-state index in [0.29, 0.717) is 12.8 Å². The fourth-order valence-corrected chi connectivity index (χ4v) is 1.97. The average Bonchev–Trinajstić information content (AvgIpc) is 2.85. The summed E-state index contributed by atoms with van der Waals surface area (Å²) in [5.74, 6) is -0.839. The Morgan fingerprint density at radius 3 is 2.68 bits per heavy atom. The Balaban J connectivity index is 2.33. The Labute approximate surface area is 111 Å². The van der Waals surface area contributed by atoms with E-state index >= 15 is 0 Å². The number of amides is 3. The van der Waals surface area contributed by atoms with Crippen LogP contribution in [0.15, 0.2) is 0 Å². The number of hydrogen-bond donors (Lipinski definition) is 5. The van der Waals surface area contributed by atoms with Gasteiger partial charge in [0.05, 0.1) is 6.04 Å². The summed E-state index contributed by atoms with van der Waals surface area (Å²) in [7, 11) is 0. The molecule has 2 atom stereocenters. The third-order valence-corrected chi connectivity index (χ3v) is 2.98. The summed E-state index contributed by atoms with van der Waals surface area (Å²) in [5, 5.41) is 16.2. The van der Waals surface area contributed by atoms with Crippen LogP contribution < -0.4 is 21.7 Å². The van der Waals surface area contributed by atoms with Crippen molar-refractivity contribution in [3.8, 4) is 0 Å². The maximum Gasteiger partial charge on any atom is 0.404 e. The average molecular weight is 272 g/mol. The molecular weight excluding hydrogens is 252 g/mol. The van der Waals surface area contributed by atoms with Crippen molar-refractivity contribution in [2.45, 2.75) is 37.8 Å². The minimum absolute atomic E-state index is 0.219. The predicted molar refractivity (Wildman–Crippen MR) is 67.4 cm³/mol. The van der Waals surface area contributed by atoms with Gasteiger partial charge in [0.2, 0.25) is 11.8 Å². The number of carboxylic acid groups (broad SMARTS) is 1. The summed E-state index contributed by atoms with van der Waals surface area (Å²) in [4.78, 5) is 33.3. The molecule has 0 aliphatic carbocycles. The minimum Gasteiger partial charge on any atom is -0.465 e. The largest absolute Gasteiger partial charge is 0.465 e. The van der Waals surface area contributed by atoms with Gasteiger partial charge in [-0.3, -0.25) is 9.59 Å². The van der Waals surface area contributed by atoms with Gasteiger partial charge in [0.25, 0.3) is 0 Å². The normalized spacial score (nSPS) is 19.7. The lowest BCUT2D eigenvalue weighted by atomic mass is 10.1. The molecule has 8 nitrogen and oxygen atoms in total. The summed E-state index contributed by atoms with van der Waals surface area (Å²) in [5.41, 5.74) is 5.21. The third-order valence-electron chi connectivity index (χ3n) is 2.98. The van der Waals surface area contributed by atoms with Crippen LogP contribution in [-0.4, -0.2) is 48.2 Å². The molecule has 0 aromatic rings. The third kappa shape index (κ3) is 5.56. The molecule has 0 bridgehead atoms. The Hall–Kier alpha value is -1.83. The van der Waals surface area contributed by atoms with Gasteiger partial charge in [-0.2, -0.15) is 0 Å². The zero-order valence-electron chi connectivity index (χ0n) is 10.6. The first-order chi connectivity index (χ1) is 9.00. The summed E-state index contributed by atoms with van der Waals surface area (Å²) in [6.45, 7) is 1.01. The number of primary amides is 1. The molecule has 0 aromatic carbocycles. The number of nitrogens with two attached hydrogens (primary N) is 1. The highest BCUT2D eigenvalue weighted by Gasteiger charge is 2.25. The minimum atomic E-state index is -1.12. The molecular formula is C11H20N4O4. The second-order valence-electron chi connectivity index (χ2n) is 4.49. The first-order valence-electron chi connectivity index (χ1n) is 6.30. The lowest BCUT2D eigenvalue weighted by molar-refractivity contribution is -0.128. The van der Waals surface area contributed by atoms with Crippen molar-refractivity contribution in [2.75, 3.05) is 13.1 Å². The highest BCUT2D eigenvalue weighted by atomic mass is 16.4. The van der Waals surface area contributed by atoms with Gasteiger partial charge < -0.3 is 26.8 Å². The van der Waals surface area contributed by atoms with Gasteiger partial charge in [-0.1, -0.05) is 0 Å². The molecule has 6 N–H and O–H groups in total. The molecule has 19 heavy (non-hydrogen) atoms. The van der Waals surface area contributed by atoms with Crippen LogP contribution in [0.1, 0.15) is 25.7 Å². The Morgan fingerprint density at radius 2 is 2.16 bits per heavy atom. The predicted octanol–water partition coefficient (Wildman–Crippen LogP) is -1.24. The molecule has 1 heterocycles. The number of nitrogens with one attached hydrogen (secondary N) is 3. The number of rotatable bonds is 7. The number of hydrogen-bond acceptors (Lipinski definition) is 4. The molecule has 8 heteroatoms. The van der Waals surface area contributed by atoms with Crippen molar-refractivity contribution in [3.05, 3.63) is 0 Å². The summed E-state index contributed by atoms with van der Waals surface area (Å²) < 4.78 is 0. The highest BCUT2D eigenvalue weighted by molar-refractivity contribution is 5.89. The maximum absolute atomic E-state index is 11.8. The van der Waals surface area contributed by atoms with Crippen molar-refractivity contribution in [3.63, 3.8) is 0 Å². The first-order valence-corrected chi connectivity index (χ1v) is 6.30. The molecule has 108 valence electrons. The highest BCUT2D eigenvalue weighted by Crippen LogP contribution is 2.06. The van der Waals surface area contributed by atoms with E-state index < -0.39 is 18.0 Å². The summed E-state index contributed by atoms with van der Waals surface area (Å²) in [6, 6.07) is -1.02. The molecule has 0 saturated carbocycles. The van der Waals surface area contributed by atoms with Crippen molar-refractivity contribution < 1.29 is 19.5 Å². The summed E-state index contributed by atoms with van der Waals surface area (Å²) >= 11 is 0. The van der Waals surface area contributed by atoms with E-state index in [-0.39, 0.29) is 18.5 Å². The lowest BCUT2D eigenvalue weighted by Crippen LogP contribution is -2.50. The standard InChI is InChI=1S/C11H20N4O4/c12-9(16)7(3-1-6-14-11(18)19)15-10(17)8-4-2-5-13-8/h7-8,13-14H,1-6H2,(H2,12,16)(H,15,17)(H,18,19)/t7-,8-/m0/s1.